The van der Waals surface area contributed by atoms with Crippen LogP contribution < -0.4 is 10.5 Å². The molecule has 2 aromatic rings. The number of amides is 2. The van der Waals surface area contributed by atoms with Gasteiger partial charge in [-0.25, -0.2) is 4.39 Å². The van der Waals surface area contributed by atoms with Crippen molar-refractivity contribution in [2.45, 2.75) is 50.6 Å². The van der Waals surface area contributed by atoms with Crippen LogP contribution in [0.4, 0.5) is 4.39 Å². The van der Waals surface area contributed by atoms with Crippen LogP contribution in [0.25, 0.3) is 0 Å². The minimum absolute atomic E-state index is 0.101. The Morgan fingerprint density at radius 2 is 1.56 bits per heavy atom. The van der Waals surface area contributed by atoms with Gasteiger partial charge in [-0.3, -0.25) is 9.59 Å². The van der Waals surface area contributed by atoms with E-state index in [-0.39, 0.29) is 29.4 Å². The molecule has 6 rings (SSSR count). The highest BCUT2D eigenvalue weighted by Gasteiger charge is 2.54. The van der Waals surface area contributed by atoms with Crippen LogP contribution in [-0.4, -0.2) is 28.9 Å². The summed E-state index contributed by atoms with van der Waals surface area (Å²) in [5, 5.41) is 0. The van der Waals surface area contributed by atoms with Gasteiger partial charge in [0.1, 0.15) is 11.6 Å². The van der Waals surface area contributed by atoms with Gasteiger partial charge in [0.05, 0.1) is 5.56 Å². The second-order valence-corrected chi connectivity index (χ2v) is 9.90. The fourth-order valence-electron chi connectivity index (χ4n) is 6.70. The van der Waals surface area contributed by atoms with Crippen LogP contribution in [0.15, 0.2) is 48.5 Å². The van der Waals surface area contributed by atoms with Crippen LogP contribution in [0, 0.1) is 23.6 Å². The van der Waals surface area contributed by atoms with Crippen molar-refractivity contribution in [1.82, 2.24) is 4.90 Å². The van der Waals surface area contributed by atoms with Gasteiger partial charge in [-0.05, 0) is 86.1 Å². The van der Waals surface area contributed by atoms with E-state index in [2.05, 4.69) is 0 Å². The van der Waals surface area contributed by atoms with Crippen LogP contribution in [0.5, 0.6) is 5.75 Å². The summed E-state index contributed by atoms with van der Waals surface area (Å²) in [7, 11) is 0. The number of hydrogen-bond acceptors (Lipinski definition) is 3. The molecule has 0 saturated heterocycles. The van der Waals surface area contributed by atoms with Crippen molar-refractivity contribution >= 4 is 11.8 Å². The van der Waals surface area contributed by atoms with E-state index in [0.29, 0.717) is 30.0 Å². The molecule has 0 spiro atoms. The van der Waals surface area contributed by atoms with E-state index in [1.807, 2.05) is 4.90 Å². The lowest BCUT2D eigenvalue weighted by molar-refractivity contribution is -0.154. The quantitative estimate of drug-likeness (QED) is 0.703. The Hall–Kier alpha value is -2.89. The molecule has 0 radical (unpaired) electrons. The van der Waals surface area contributed by atoms with E-state index >= 15 is 0 Å². The van der Waals surface area contributed by atoms with Gasteiger partial charge in [-0.15, -0.1) is 0 Å². The third-order valence-corrected chi connectivity index (χ3v) is 7.64. The first-order valence-corrected chi connectivity index (χ1v) is 11.5. The molecule has 0 aliphatic heterocycles. The minimum Gasteiger partial charge on any atom is -0.483 e. The summed E-state index contributed by atoms with van der Waals surface area (Å²) in [6, 6.07) is 13.1. The van der Waals surface area contributed by atoms with Crippen molar-refractivity contribution in [3.8, 4) is 5.75 Å². The highest BCUT2D eigenvalue weighted by atomic mass is 19.1. The van der Waals surface area contributed by atoms with Gasteiger partial charge in [-0.2, -0.15) is 0 Å². The first-order valence-electron chi connectivity index (χ1n) is 11.5. The summed E-state index contributed by atoms with van der Waals surface area (Å²) in [4.78, 5) is 27.3. The van der Waals surface area contributed by atoms with Gasteiger partial charge in [0.15, 0.2) is 6.61 Å². The smallest absolute Gasteiger partial charge is 0.261 e. The third kappa shape index (κ3) is 3.98. The normalized spacial score (nSPS) is 27.8. The molecule has 4 fully saturated rings. The summed E-state index contributed by atoms with van der Waals surface area (Å²) in [5.74, 6) is 1.39. The first kappa shape index (κ1) is 21.0. The number of para-hydroxylation sites is 1. The second-order valence-electron chi connectivity index (χ2n) is 9.90. The molecular formula is C26H29FN2O3. The second kappa shape index (κ2) is 8.23. The predicted octanol–water partition coefficient (Wildman–Crippen LogP) is 4.30. The Labute approximate surface area is 187 Å². The fourth-order valence-corrected chi connectivity index (χ4v) is 6.70. The Balaban J connectivity index is 1.40. The Morgan fingerprint density at radius 1 is 0.969 bits per heavy atom. The summed E-state index contributed by atoms with van der Waals surface area (Å²) in [5.41, 5.74) is 6.47. The van der Waals surface area contributed by atoms with Gasteiger partial charge >= 0.3 is 0 Å². The zero-order valence-corrected chi connectivity index (χ0v) is 18.1. The largest absolute Gasteiger partial charge is 0.483 e. The SMILES string of the molecule is NC(=O)c1ccccc1OCC(=O)N(Cc1ccc(F)cc1)C12CC3CC(CC(C3)C1)C2. The van der Waals surface area contributed by atoms with Crippen LogP contribution in [-0.2, 0) is 11.3 Å². The van der Waals surface area contributed by atoms with Crippen molar-refractivity contribution < 1.29 is 18.7 Å². The van der Waals surface area contributed by atoms with E-state index in [1.54, 1.807) is 36.4 Å². The molecule has 0 heterocycles. The van der Waals surface area contributed by atoms with E-state index in [1.165, 1.54) is 31.4 Å². The maximum Gasteiger partial charge on any atom is 0.261 e. The molecule has 4 saturated carbocycles. The molecule has 2 aromatic carbocycles. The summed E-state index contributed by atoms with van der Waals surface area (Å²) < 4.78 is 19.3. The number of carbonyl (C=O) groups excluding carboxylic acids is 2. The van der Waals surface area contributed by atoms with Crippen LogP contribution in [0.2, 0.25) is 0 Å². The van der Waals surface area contributed by atoms with Crippen molar-refractivity contribution in [2.75, 3.05) is 6.61 Å². The Morgan fingerprint density at radius 3 is 2.16 bits per heavy atom. The third-order valence-electron chi connectivity index (χ3n) is 7.64. The monoisotopic (exact) mass is 436 g/mol. The maximum absolute atomic E-state index is 13.6. The number of halogens is 1. The van der Waals surface area contributed by atoms with Crippen molar-refractivity contribution in [3.05, 3.63) is 65.5 Å². The fraction of sp³-hybridized carbons (Fsp3) is 0.462. The zero-order chi connectivity index (χ0) is 22.3. The summed E-state index contributed by atoms with van der Waals surface area (Å²) >= 11 is 0. The average molecular weight is 437 g/mol. The van der Waals surface area contributed by atoms with Crippen LogP contribution in [0.3, 0.4) is 0 Å². The van der Waals surface area contributed by atoms with E-state index in [0.717, 1.165) is 24.8 Å². The topological polar surface area (TPSA) is 72.6 Å². The predicted molar refractivity (Wildman–Crippen MR) is 118 cm³/mol. The van der Waals surface area contributed by atoms with E-state index in [4.69, 9.17) is 10.5 Å². The molecule has 0 atom stereocenters. The highest BCUT2D eigenvalue weighted by molar-refractivity contribution is 5.95. The van der Waals surface area contributed by atoms with E-state index in [9.17, 15) is 14.0 Å². The maximum atomic E-state index is 13.6. The number of ether oxygens (including phenoxy) is 1. The molecule has 0 aromatic heterocycles. The highest BCUT2D eigenvalue weighted by Crippen LogP contribution is 2.58. The lowest BCUT2D eigenvalue weighted by Crippen LogP contribution is -2.61. The minimum atomic E-state index is -0.586. The Bertz CT molecular complexity index is 985. The van der Waals surface area contributed by atoms with Crippen molar-refractivity contribution in [2.24, 2.45) is 23.5 Å². The van der Waals surface area contributed by atoms with Crippen molar-refractivity contribution in [3.63, 3.8) is 0 Å². The molecule has 2 amide bonds. The number of nitrogens with zero attached hydrogens (tertiary/aromatic N) is 1. The molecule has 0 unspecified atom stereocenters. The van der Waals surface area contributed by atoms with Gasteiger partial charge < -0.3 is 15.4 Å². The molecule has 4 aliphatic carbocycles. The van der Waals surface area contributed by atoms with Gasteiger partial charge in [-0.1, -0.05) is 24.3 Å². The first-order chi connectivity index (χ1) is 15.4. The summed E-state index contributed by atoms with van der Waals surface area (Å²) in [6.07, 6.45) is 6.93. The van der Waals surface area contributed by atoms with Crippen LogP contribution in [0.1, 0.15) is 54.4 Å². The number of primary amides is 1. The number of carbonyl (C=O) groups is 2. The van der Waals surface area contributed by atoms with Gasteiger partial charge in [0, 0.05) is 12.1 Å². The molecule has 5 nitrogen and oxygen atoms in total. The standard InChI is InChI=1S/C26H29FN2O3/c27-21-7-5-17(6-8-21)15-29(26-12-18-9-19(13-26)11-20(10-18)14-26)24(30)16-32-23-4-2-1-3-22(23)25(28)31/h1-8,18-20H,9-16H2,(H2,28,31). The number of hydrogen-bond donors (Lipinski definition) is 1. The van der Waals surface area contributed by atoms with Gasteiger partial charge in [0.25, 0.3) is 11.8 Å². The summed E-state index contributed by atoms with van der Waals surface area (Å²) in [6.45, 7) is 0.277. The average Bonchev–Trinajstić information content (AvgIpc) is 2.76. The molecule has 2 N–H and O–H groups in total. The zero-order valence-electron chi connectivity index (χ0n) is 18.1. The molecular weight excluding hydrogens is 407 g/mol. The Kier molecular flexibility index (Phi) is 5.39. The van der Waals surface area contributed by atoms with E-state index < -0.39 is 5.91 Å². The number of nitrogens with two attached hydrogens (primary N) is 1. The molecule has 168 valence electrons. The lowest BCUT2D eigenvalue weighted by atomic mass is 9.52. The number of rotatable bonds is 7. The molecule has 32 heavy (non-hydrogen) atoms. The van der Waals surface area contributed by atoms with Gasteiger partial charge in [0.2, 0.25) is 0 Å². The molecule has 4 aliphatic rings. The van der Waals surface area contributed by atoms with Crippen molar-refractivity contribution in [1.29, 1.82) is 0 Å². The lowest BCUT2D eigenvalue weighted by Gasteiger charge is -2.60. The van der Waals surface area contributed by atoms with Crippen LogP contribution >= 0.6 is 0 Å². The molecule has 6 heteroatoms. The number of benzene rings is 2. The molecule has 4 bridgehead atoms.